The third-order valence-corrected chi connectivity index (χ3v) is 3.62. The van der Waals surface area contributed by atoms with Crippen molar-refractivity contribution in [3.8, 4) is 11.1 Å². The van der Waals surface area contributed by atoms with E-state index in [9.17, 15) is 0 Å². The third kappa shape index (κ3) is 1.66. The average Bonchev–Trinajstić information content (AvgIpc) is 2.54. The smallest absolute Gasteiger partial charge is 0.0739 e. The molecule has 0 radical (unpaired) electrons. The first-order valence-corrected chi connectivity index (χ1v) is 6.60. The van der Waals surface area contributed by atoms with E-state index in [1.807, 2.05) is 18.5 Å². The van der Waals surface area contributed by atoms with E-state index >= 15 is 0 Å². The summed E-state index contributed by atoms with van der Waals surface area (Å²) in [6.07, 6.45) is 5.53. The van der Waals surface area contributed by atoms with Crippen molar-refractivity contribution in [1.29, 1.82) is 0 Å². The molecule has 20 heavy (non-hydrogen) atoms. The average molecular weight is 256 g/mol. The van der Waals surface area contributed by atoms with Crippen LogP contribution in [0.4, 0.5) is 0 Å². The highest BCUT2D eigenvalue weighted by atomic mass is 14.7. The molecule has 2 aromatic carbocycles. The Kier molecular flexibility index (Phi) is 2.46. The lowest BCUT2D eigenvalue weighted by Gasteiger charge is -2.09. The number of benzene rings is 2. The van der Waals surface area contributed by atoms with Crippen molar-refractivity contribution >= 4 is 21.7 Å². The lowest BCUT2D eigenvalue weighted by Crippen LogP contribution is -1.86. The molecule has 0 saturated carbocycles. The number of pyridine rings is 2. The van der Waals surface area contributed by atoms with Gasteiger partial charge in [0.15, 0.2) is 0 Å². The molecule has 0 bridgehead atoms. The highest BCUT2D eigenvalue weighted by Crippen LogP contribution is 2.32. The quantitative estimate of drug-likeness (QED) is 0.503. The lowest BCUT2D eigenvalue weighted by atomic mass is 9.96. The van der Waals surface area contributed by atoms with E-state index in [0.717, 1.165) is 10.9 Å². The van der Waals surface area contributed by atoms with Crippen LogP contribution >= 0.6 is 0 Å². The molecule has 0 spiro atoms. The molecule has 0 unspecified atom stereocenters. The fourth-order valence-electron chi connectivity index (χ4n) is 2.68. The first-order valence-electron chi connectivity index (χ1n) is 6.60. The van der Waals surface area contributed by atoms with Crippen molar-refractivity contribution in [2.45, 2.75) is 0 Å². The summed E-state index contributed by atoms with van der Waals surface area (Å²) in [5.41, 5.74) is 3.38. The van der Waals surface area contributed by atoms with Crippen LogP contribution in [0.1, 0.15) is 0 Å². The van der Waals surface area contributed by atoms with Gasteiger partial charge in [0.1, 0.15) is 0 Å². The van der Waals surface area contributed by atoms with Crippen molar-refractivity contribution < 1.29 is 0 Å². The van der Waals surface area contributed by atoms with Crippen LogP contribution in [0.15, 0.2) is 73.2 Å². The number of fused-ring (bicyclic) bond motifs is 2. The zero-order valence-corrected chi connectivity index (χ0v) is 10.8. The predicted molar refractivity (Wildman–Crippen MR) is 82.5 cm³/mol. The number of rotatable bonds is 1. The van der Waals surface area contributed by atoms with E-state index in [-0.39, 0.29) is 0 Å². The second-order valence-electron chi connectivity index (χ2n) is 4.78. The molecule has 2 nitrogen and oxygen atoms in total. The lowest BCUT2D eigenvalue weighted by molar-refractivity contribution is 1.33. The zero-order valence-electron chi connectivity index (χ0n) is 10.8. The van der Waals surface area contributed by atoms with Crippen LogP contribution in [0.2, 0.25) is 0 Å². The van der Waals surface area contributed by atoms with Crippen LogP contribution in [0.3, 0.4) is 0 Å². The van der Waals surface area contributed by atoms with Crippen molar-refractivity contribution in [3.05, 3.63) is 73.2 Å². The molecule has 0 fully saturated rings. The molecule has 0 aliphatic heterocycles. The van der Waals surface area contributed by atoms with Gasteiger partial charge in [-0.3, -0.25) is 9.97 Å². The van der Waals surface area contributed by atoms with E-state index in [1.165, 1.54) is 21.9 Å². The largest absolute Gasteiger partial charge is 0.264 e. The van der Waals surface area contributed by atoms with Gasteiger partial charge in [0, 0.05) is 24.0 Å². The Morgan fingerprint density at radius 2 is 1.50 bits per heavy atom. The molecule has 0 saturated heterocycles. The van der Waals surface area contributed by atoms with Crippen LogP contribution in [0.5, 0.6) is 0 Å². The molecular weight excluding hydrogens is 244 g/mol. The first-order chi connectivity index (χ1) is 9.93. The summed E-state index contributed by atoms with van der Waals surface area (Å²) in [7, 11) is 0. The van der Waals surface area contributed by atoms with Crippen LogP contribution in [0.25, 0.3) is 32.8 Å². The van der Waals surface area contributed by atoms with Gasteiger partial charge in [-0.1, -0.05) is 42.5 Å². The summed E-state index contributed by atoms with van der Waals surface area (Å²) < 4.78 is 0. The standard InChI is InChI=1S/C18H12N2/c1-2-6-14-13(4-1)5-3-7-15(14)16-8-11-20-18-9-10-19-12-17(16)18/h1-12H. The Labute approximate surface area is 116 Å². The Hall–Kier alpha value is -2.74. The van der Waals surface area contributed by atoms with Crippen molar-refractivity contribution in [2.75, 3.05) is 0 Å². The molecule has 0 aliphatic rings. The van der Waals surface area contributed by atoms with E-state index in [1.54, 1.807) is 6.20 Å². The van der Waals surface area contributed by atoms with Crippen LogP contribution < -0.4 is 0 Å². The fraction of sp³-hybridized carbons (Fsp3) is 0. The molecule has 2 heteroatoms. The summed E-state index contributed by atoms with van der Waals surface area (Å²) in [6.45, 7) is 0. The zero-order chi connectivity index (χ0) is 13.4. The Bertz CT molecular complexity index is 825. The van der Waals surface area contributed by atoms with Crippen LogP contribution in [-0.2, 0) is 0 Å². The second-order valence-corrected chi connectivity index (χ2v) is 4.78. The van der Waals surface area contributed by atoms with Gasteiger partial charge >= 0.3 is 0 Å². The number of aromatic nitrogens is 2. The molecule has 2 heterocycles. The van der Waals surface area contributed by atoms with Crippen LogP contribution in [0, 0.1) is 0 Å². The molecule has 0 N–H and O–H groups in total. The maximum Gasteiger partial charge on any atom is 0.0739 e. The highest BCUT2D eigenvalue weighted by molar-refractivity contribution is 6.04. The monoisotopic (exact) mass is 256 g/mol. The molecular formula is C18H12N2. The van der Waals surface area contributed by atoms with Gasteiger partial charge in [0.25, 0.3) is 0 Å². The summed E-state index contributed by atoms with van der Waals surface area (Å²) in [4.78, 5) is 8.65. The molecule has 0 aliphatic carbocycles. The first kappa shape index (κ1) is 11.1. The molecule has 0 atom stereocenters. The second kappa shape index (κ2) is 4.42. The SMILES string of the molecule is c1ccc2c(-c3ccnc4ccncc34)cccc2c1. The molecule has 94 valence electrons. The predicted octanol–water partition coefficient (Wildman–Crippen LogP) is 4.45. The topological polar surface area (TPSA) is 25.8 Å². The van der Waals surface area contributed by atoms with Crippen molar-refractivity contribution in [2.24, 2.45) is 0 Å². The minimum Gasteiger partial charge on any atom is -0.264 e. The van der Waals surface area contributed by atoms with Gasteiger partial charge in [-0.15, -0.1) is 0 Å². The van der Waals surface area contributed by atoms with E-state index < -0.39 is 0 Å². The fourth-order valence-corrected chi connectivity index (χ4v) is 2.68. The molecule has 0 amide bonds. The Balaban J connectivity index is 2.12. The number of nitrogens with zero attached hydrogens (tertiary/aromatic N) is 2. The van der Waals surface area contributed by atoms with Gasteiger partial charge < -0.3 is 0 Å². The molecule has 2 aromatic heterocycles. The normalized spacial score (nSPS) is 11.0. The van der Waals surface area contributed by atoms with Crippen LogP contribution in [-0.4, -0.2) is 9.97 Å². The maximum atomic E-state index is 4.41. The summed E-state index contributed by atoms with van der Waals surface area (Å²) in [5.74, 6) is 0. The van der Waals surface area contributed by atoms with Crippen molar-refractivity contribution in [3.63, 3.8) is 0 Å². The van der Waals surface area contributed by atoms with Gasteiger partial charge in [0.05, 0.1) is 5.52 Å². The maximum absolute atomic E-state index is 4.41. The highest BCUT2D eigenvalue weighted by Gasteiger charge is 2.07. The minimum atomic E-state index is 0.977. The van der Waals surface area contributed by atoms with E-state index in [2.05, 4.69) is 58.5 Å². The Morgan fingerprint density at radius 1 is 0.650 bits per heavy atom. The summed E-state index contributed by atoms with van der Waals surface area (Å²) in [5, 5.41) is 3.59. The minimum absolute atomic E-state index is 0.977. The summed E-state index contributed by atoms with van der Waals surface area (Å²) >= 11 is 0. The summed E-state index contributed by atoms with van der Waals surface area (Å²) in [6, 6.07) is 18.8. The number of hydrogen-bond donors (Lipinski definition) is 0. The van der Waals surface area contributed by atoms with Crippen molar-refractivity contribution in [1.82, 2.24) is 9.97 Å². The van der Waals surface area contributed by atoms with Gasteiger partial charge in [0.2, 0.25) is 0 Å². The molecule has 4 rings (SSSR count). The molecule has 4 aromatic rings. The van der Waals surface area contributed by atoms with E-state index in [4.69, 9.17) is 0 Å². The van der Waals surface area contributed by atoms with Gasteiger partial charge in [-0.2, -0.15) is 0 Å². The van der Waals surface area contributed by atoms with E-state index in [0.29, 0.717) is 0 Å². The van der Waals surface area contributed by atoms with Gasteiger partial charge in [-0.05, 0) is 34.0 Å². The van der Waals surface area contributed by atoms with Gasteiger partial charge in [-0.25, -0.2) is 0 Å². The Morgan fingerprint density at radius 3 is 2.50 bits per heavy atom. The third-order valence-electron chi connectivity index (χ3n) is 3.62. The number of hydrogen-bond acceptors (Lipinski definition) is 2.